The fraction of sp³-hybridized carbons (Fsp3) is 0.524. The van der Waals surface area contributed by atoms with E-state index in [9.17, 15) is 23.6 Å². The first-order chi connectivity index (χ1) is 28.0. The molecule has 4 rings (SSSR count). The van der Waals surface area contributed by atoms with Crippen LogP contribution in [0, 0.1) is 17.3 Å². The number of alkyl halides is 1. The minimum Gasteiger partial charge on any atom is -0.495 e. The highest BCUT2D eigenvalue weighted by molar-refractivity contribution is 6.31. The highest BCUT2D eigenvalue weighted by Gasteiger charge is 2.66. The van der Waals surface area contributed by atoms with Gasteiger partial charge in [-0.05, 0) is 59.7 Å². The average Bonchev–Trinajstić information content (AvgIpc) is 3.66. The van der Waals surface area contributed by atoms with E-state index < -0.39 is 60.3 Å². The van der Waals surface area contributed by atoms with Crippen molar-refractivity contribution in [3.63, 3.8) is 0 Å². The van der Waals surface area contributed by atoms with E-state index in [4.69, 9.17) is 56.4 Å². The molecule has 14 nitrogen and oxygen atoms in total. The van der Waals surface area contributed by atoms with Gasteiger partial charge in [-0.15, -0.1) is 0 Å². The topological polar surface area (TPSA) is 169 Å². The number of hydrogen-bond acceptors (Lipinski definition) is 12. The Labute approximate surface area is 354 Å². The molecule has 2 amide bonds. The van der Waals surface area contributed by atoms with Crippen molar-refractivity contribution in [3.05, 3.63) is 75.8 Å². The van der Waals surface area contributed by atoms with E-state index in [1.807, 2.05) is 13.0 Å². The van der Waals surface area contributed by atoms with Crippen molar-refractivity contribution in [2.75, 3.05) is 71.2 Å². The normalized spacial score (nSPS) is 21.2. The van der Waals surface area contributed by atoms with Crippen LogP contribution < -0.4 is 20.7 Å². The summed E-state index contributed by atoms with van der Waals surface area (Å²) in [6.07, 6.45) is 3.03. The number of allylic oxidation sites excluding steroid dienone is 4. The number of carbonyl (C=O) groups excluding carboxylic acids is 4. The maximum absolute atomic E-state index is 14.5. The van der Waals surface area contributed by atoms with Gasteiger partial charge in [-0.3, -0.25) is 9.59 Å². The van der Waals surface area contributed by atoms with E-state index in [0.29, 0.717) is 49.1 Å². The molecule has 324 valence electrons. The molecule has 0 bridgehead atoms. The van der Waals surface area contributed by atoms with Gasteiger partial charge >= 0.3 is 12.1 Å². The van der Waals surface area contributed by atoms with Gasteiger partial charge in [0, 0.05) is 41.7 Å². The van der Waals surface area contributed by atoms with Gasteiger partial charge in [-0.25, -0.2) is 14.0 Å². The minimum absolute atomic E-state index is 0.00351. The van der Waals surface area contributed by atoms with Crippen molar-refractivity contribution in [1.82, 2.24) is 5.32 Å². The van der Waals surface area contributed by atoms with Crippen LogP contribution in [0.4, 0.5) is 20.6 Å². The molecule has 17 heteroatoms. The Balaban J connectivity index is 1.51. The van der Waals surface area contributed by atoms with Crippen LogP contribution in [0.3, 0.4) is 0 Å². The second-order valence-corrected chi connectivity index (χ2v) is 16.2. The van der Waals surface area contributed by atoms with Gasteiger partial charge in [0.05, 0.1) is 62.9 Å². The zero-order chi connectivity index (χ0) is 43.3. The molecule has 3 unspecified atom stereocenters. The Bertz CT molecular complexity index is 1860. The van der Waals surface area contributed by atoms with E-state index in [-0.39, 0.29) is 46.6 Å². The second-order valence-electron chi connectivity index (χ2n) is 15.3. The predicted molar refractivity (Wildman–Crippen MR) is 221 cm³/mol. The lowest BCUT2D eigenvalue weighted by atomic mass is 9.61. The summed E-state index contributed by atoms with van der Waals surface area (Å²) in [6, 6.07) is 8.08. The van der Waals surface area contributed by atoms with E-state index in [1.165, 1.54) is 38.3 Å². The lowest BCUT2D eigenvalue weighted by Crippen LogP contribution is -2.51. The smallest absolute Gasteiger partial charge is 0.495 e. The van der Waals surface area contributed by atoms with Crippen LogP contribution in [0.1, 0.15) is 57.0 Å². The zero-order valence-corrected chi connectivity index (χ0v) is 35.9. The van der Waals surface area contributed by atoms with E-state index in [2.05, 4.69) is 36.7 Å². The van der Waals surface area contributed by atoms with Gasteiger partial charge in [0.2, 0.25) is 18.1 Å². The molecule has 0 saturated carbocycles. The molecule has 1 spiro atoms. The zero-order valence-electron chi connectivity index (χ0n) is 34.4. The number of rotatable bonds is 20. The number of esters is 1. The molecule has 2 aliphatic rings. The molecule has 0 aliphatic carbocycles. The number of halogens is 3. The van der Waals surface area contributed by atoms with Crippen LogP contribution >= 0.6 is 23.2 Å². The van der Waals surface area contributed by atoms with Gasteiger partial charge in [0.1, 0.15) is 19.0 Å². The summed E-state index contributed by atoms with van der Waals surface area (Å²) in [5.74, 6) is -2.53. The molecule has 6 atom stereocenters. The molecular formula is C42H54Cl2FN3O11. The van der Waals surface area contributed by atoms with Crippen LogP contribution in [-0.4, -0.2) is 103 Å². The van der Waals surface area contributed by atoms with Crippen LogP contribution in [-0.2, 0) is 43.4 Å². The molecule has 2 aromatic rings. The fourth-order valence-electron chi connectivity index (χ4n) is 7.43. The summed E-state index contributed by atoms with van der Waals surface area (Å²) in [5.41, 5.74) is 0.0719. The van der Waals surface area contributed by atoms with Crippen molar-refractivity contribution >= 4 is 58.5 Å². The largest absolute Gasteiger partial charge is 0.511 e. The molecular weight excluding hydrogens is 812 g/mol. The van der Waals surface area contributed by atoms with Crippen LogP contribution in [0.5, 0.6) is 5.75 Å². The Kier molecular flexibility index (Phi) is 17.6. The van der Waals surface area contributed by atoms with Crippen molar-refractivity contribution in [2.24, 2.45) is 17.3 Å². The molecule has 3 N–H and O–H groups in total. The summed E-state index contributed by atoms with van der Waals surface area (Å²) in [7, 11) is 2.95. The number of amides is 2. The number of fused-ring (bicyclic) bond motifs is 2. The maximum atomic E-state index is 14.5. The van der Waals surface area contributed by atoms with Gasteiger partial charge in [-0.2, -0.15) is 0 Å². The first-order valence-corrected chi connectivity index (χ1v) is 19.9. The van der Waals surface area contributed by atoms with Crippen LogP contribution in [0.2, 0.25) is 5.02 Å². The third-order valence-corrected chi connectivity index (χ3v) is 10.3. The second kappa shape index (κ2) is 21.8. The molecule has 1 fully saturated rings. The van der Waals surface area contributed by atoms with E-state index in [1.54, 1.807) is 31.4 Å². The molecule has 2 aromatic carbocycles. The number of nitrogens with one attached hydrogen (secondary N) is 3. The summed E-state index contributed by atoms with van der Waals surface area (Å²) >= 11 is 12.3. The monoisotopic (exact) mass is 865 g/mol. The van der Waals surface area contributed by atoms with E-state index in [0.717, 1.165) is 0 Å². The fourth-order valence-corrected chi connectivity index (χ4v) is 7.68. The number of benzene rings is 2. The Hall–Kier alpha value is -4.25. The van der Waals surface area contributed by atoms with Crippen molar-refractivity contribution < 1.29 is 56.7 Å². The van der Waals surface area contributed by atoms with Crippen LogP contribution in [0.25, 0.3) is 0 Å². The molecule has 0 aromatic heterocycles. The van der Waals surface area contributed by atoms with Gasteiger partial charge < -0.3 is 49.1 Å². The standard InChI is InChI=1S/C42H54Cl2FN3O11/c1-25(9-8-10-29(44)24-45)35-36(48-34(23-41(3,4)5)42(35)30-13-12-28(43)22-32(30)47-39(42)51)37(49)46-31-14-11-27(21-33(31)54-7)38(50)58-26(2)59-40(52)57-20-19-56-18-17-55-16-15-53-6/h8-14,21-22,25-26,34-36,48H,15-20,23-24H2,1-7H3,(H,46,49)(H,47,51)/b9-8-,29-10+/t25?,26?,34-,35-,36+,42?/m0/s1. The van der Waals surface area contributed by atoms with Crippen molar-refractivity contribution in [1.29, 1.82) is 0 Å². The van der Waals surface area contributed by atoms with Crippen molar-refractivity contribution in [2.45, 2.75) is 64.8 Å². The number of anilines is 2. The van der Waals surface area contributed by atoms with Gasteiger partial charge in [-0.1, -0.05) is 69.1 Å². The highest BCUT2D eigenvalue weighted by Crippen LogP contribution is 2.55. The van der Waals surface area contributed by atoms with Gasteiger partial charge in [0.25, 0.3) is 0 Å². The van der Waals surface area contributed by atoms with Crippen molar-refractivity contribution in [3.8, 4) is 5.75 Å². The highest BCUT2D eigenvalue weighted by atomic mass is 35.5. The molecule has 0 radical (unpaired) electrons. The summed E-state index contributed by atoms with van der Waals surface area (Å²) in [6.45, 7) is 10.2. The Morgan fingerprint density at radius 3 is 2.34 bits per heavy atom. The van der Waals surface area contributed by atoms with E-state index >= 15 is 0 Å². The summed E-state index contributed by atoms with van der Waals surface area (Å²) < 4.78 is 49.5. The number of methoxy groups -OCH3 is 2. The lowest BCUT2D eigenvalue weighted by molar-refractivity contribution is -0.124. The Morgan fingerprint density at radius 1 is 0.983 bits per heavy atom. The lowest BCUT2D eigenvalue weighted by Gasteiger charge is -2.39. The molecule has 2 heterocycles. The van der Waals surface area contributed by atoms with Gasteiger partial charge in [0.15, 0.2) is 0 Å². The number of hydrogen-bond donors (Lipinski definition) is 3. The summed E-state index contributed by atoms with van der Waals surface area (Å²) in [5, 5.41) is 9.96. The third kappa shape index (κ3) is 12.4. The first-order valence-electron chi connectivity index (χ1n) is 19.2. The third-order valence-electron chi connectivity index (χ3n) is 9.83. The Morgan fingerprint density at radius 2 is 1.68 bits per heavy atom. The SMILES string of the molecule is COCCOCCOCCOC(=O)OC(C)OC(=O)c1ccc(NC(=O)[C@@H]2N[C@@H](CC(C)(C)C)C3(C(=O)Nc4cc(Cl)ccc43)[C@H]2C(C)/C=C\C=C(\Cl)CF)c(OC)c1. The maximum Gasteiger partial charge on any atom is 0.511 e. The summed E-state index contributed by atoms with van der Waals surface area (Å²) in [4.78, 5) is 54.1. The number of ether oxygens (including phenoxy) is 7. The average molecular weight is 867 g/mol. The van der Waals surface area contributed by atoms with Crippen LogP contribution in [0.15, 0.2) is 59.7 Å². The minimum atomic E-state index is -1.30. The predicted octanol–water partition coefficient (Wildman–Crippen LogP) is 7.19. The quantitative estimate of drug-likeness (QED) is 0.0531. The molecule has 2 aliphatic heterocycles. The number of carbonyl (C=O) groups is 4. The molecule has 59 heavy (non-hydrogen) atoms. The molecule has 1 saturated heterocycles. The first kappa shape index (κ1) is 47.4.